The third kappa shape index (κ3) is 3.68. The Balaban J connectivity index is 1.69. The zero-order valence-corrected chi connectivity index (χ0v) is 11.7. The lowest BCUT2D eigenvalue weighted by atomic mass is 10.1. The molecule has 1 unspecified atom stereocenters. The summed E-state index contributed by atoms with van der Waals surface area (Å²) in [5.41, 5.74) is 0.223. The fourth-order valence-electron chi connectivity index (χ4n) is 2.60. The van der Waals surface area contributed by atoms with Crippen LogP contribution in [0.4, 0.5) is 18.9 Å². The van der Waals surface area contributed by atoms with Gasteiger partial charge in [-0.15, -0.1) is 0 Å². The molecule has 0 amide bonds. The van der Waals surface area contributed by atoms with E-state index in [0.29, 0.717) is 25.8 Å². The molecular weight excluding hydrogens is 281 g/mol. The molecule has 0 bridgehead atoms. The largest absolute Gasteiger partial charge is 0.416 e. The Morgan fingerprint density at radius 2 is 1.90 bits per heavy atom. The van der Waals surface area contributed by atoms with Gasteiger partial charge < -0.3 is 15.0 Å². The summed E-state index contributed by atoms with van der Waals surface area (Å²) in [5.74, 6) is 0. The first-order valence-electron chi connectivity index (χ1n) is 7.29. The molecule has 116 valence electrons. The van der Waals surface area contributed by atoms with E-state index in [0.717, 1.165) is 24.4 Å². The van der Waals surface area contributed by atoms with Crippen molar-refractivity contribution >= 4 is 5.69 Å². The normalized spacial score (nSPS) is 23.4. The Labute approximate surface area is 122 Å². The molecule has 0 spiro atoms. The van der Waals surface area contributed by atoms with Crippen LogP contribution in [0.5, 0.6) is 0 Å². The molecule has 6 heteroatoms. The number of alkyl halides is 3. The lowest BCUT2D eigenvalue weighted by Crippen LogP contribution is -2.51. The van der Waals surface area contributed by atoms with Crippen LogP contribution < -0.4 is 10.2 Å². The smallest absolute Gasteiger partial charge is 0.377 e. The van der Waals surface area contributed by atoms with E-state index in [4.69, 9.17) is 4.74 Å². The first-order valence-corrected chi connectivity index (χ1v) is 7.29. The Hall–Kier alpha value is -1.27. The fraction of sp³-hybridized carbons (Fsp3) is 0.600. The maximum Gasteiger partial charge on any atom is 0.416 e. The van der Waals surface area contributed by atoms with Gasteiger partial charge in [0, 0.05) is 24.8 Å². The van der Waals surface area contributed by atoms with E-state index in [9.17, 15) is 13.2 Å². The van der Waals surface area contributed by atoms with Crippen molar-refractivity contribution < 1.29 is 17.9 Å². The zero-order valence-electron chi connectivity index (χ0n) is 11.7. The van der Waals surface area contributed by atoms with Crippen molar-refractivity contribution in [1.29, 1.82) is 0 Å². The summed E-state index contributed by atoms with van der Waals surface area (Å²) < 4.78 is 43.3. The van der Waals surface area contributed by atoms with E-state index in [1.807, 2.05) is 0 Å². The number of nitrogens with zero attached hydrogens (tertiary/aromatic N) is 1. The van der Waals surface area contributed by atoms with Crippen LogP contribution in [-0.2, 0) is 10.9 Å². The molecule has 1 saturated carbocycles. The van der Waals surface area contributed by atoms with E-state index in [2.05, 4.69) is 10.2 Å². The number of morpholine rings is 1. The Bertz CT molecular complexity index is 471. The average Bonchev–Trinajstić information content (AvgIpc) is 3.29. The highest BCUT2D eigenvalue weighted by molar-refractivity contribution is 5.49. The molecule has 0 aromatic heterocycles. The van der Waals surface area contributed by atoms with Crippen LogP contribution in [0.15, 0.2) is 24.3 Å². The average molecular weight is 300 g/mol. The number of benzene rings is 1. The van der Waals surface area contributed by atoms with Crippen LogP contribution in [0.25, 0.3) is 0 Å². The van der Waals surface area contributed by atoms with Crippen molar-refractivity contribution in [2.45, 2.75) is 31.1 Å². The number of halogens is 3. The second-order valence-corrected chi connectivity index (χ2v) is 5.65. The minimum Gasteiger partial charge on any atom is -0.377 e. The van der Waals surface area contributed by atoms with Crippen LogP contribution in [0.3, 0.4) is 0 Å². The number of hydrogen-bond donors (Lipinski definition) is 1. The van der Waals surface area contributed by atoms with Gasteiger partial charge in [0.25, 0.3) is 0 Å². The minimum atomic E-state index is -4.28. The van der Waals surface area contributed by atoms with Crippen molar-refractivity contribution in [1.82, 2.24) is 5.32 Å². The van der Waals surface area contributed by atoms with Crippen molar-refractivity contribution in [3.8, 4) is 0 Å². The standard InChI is InChI=1S/C15H19F3N2O/c16-15(17,18)11-1-5-13(6-2-11)20-7-8-21-10-14(20)9-19-12-3-4-12/h1-2,5-6,12,14,19H,3-4,7-10H2. The highest BCUT2D eigenvalue weighted by Gasteiger charge is 2.31. The first kappa shape index (κ1) is 14.7. The predicted octanol–water partition coefficient (Wildman–Crippen LogP) is 2.66. The fourth-order valence-corrected chi connectivity index (χ4v) is 2.60. The first-order chi connectivity index (χ1) is 10.0. The van der Waals surface area contributed by atoms with Crippen LogP contribution in [-0.4, -0.2) is 38.4 Å². The summed E-state index contributed by atoms with van der Waals surface area (Å²) in [6, 6.07) is 6.19. The summed E-state index contributed by atoms with van der Waals surface area (Å²) in [5, 5.41) is 3.46. The predicted molar refractivity (Wildman–Crippen MR) is 74.4 cm³/mol. The monoisotopic (exact) mass is 300 g/mol. The maximum absolute atomic E-state index is 12.6. The molecule has 21 heavy (non-hydrogen) atoms. The molecule has 1 heterocycles. The molecule has 2 fully saturated rings. The SMILES string of the molecule is FC(F)(F)c1ccc(N2CCOCC2CNC2CC2)cc1. The van der Waals surface area contributed by atoms with Gasteiger partial charge in [0.15, 0.2) is 0 Å². The summed E-state index contributed by atoms with van der Waals surface area (Å²) in [4.78, 5) is 2.14. The van der Waals surface area contributed by atoms with Crippen LogP contribution in [0.1, 0.15) is 18.4 Å². The zero-order chi connectivity index (χ0) is 14.9. The molecule has 3 nitrogen and oxygen atoms in total. The number of anilines is 1. The molecule has 1 aliphatic heterocycles. The minimum absolute atomic E-state index is 0.177. The number of nitrogens with one attached hydrogen (secondary N) is 1. The Morgan fingerprint density at radius 3 is 2.52 bits per heavy atom. The molecular formula is C15H19F3N2O. The van der Waals surface area contributed by atoms with Crippen molar-refractivity contribution in [2.24, 2.45) is 0 Å². The quantitative estimate of drug-likeness (QED) is 0.925. The van der Waals surface area contributed by atoms with E-state index in [1.54, 1.807) is 12.1 Å². The lowest BCUT2D eigenvalue weighted by molar-refractivity contribution is -0.137. The van der Waals surface area contributed by atoms with Gasteiger partial charge in [-0.1, -0.05) is 0 Å². The van der Waals surface area contributed by atoms with E-state index >= 15 is 0 Å². The van der Waals surface area contributed by atoms with Crippen LogP contribution in [0.2, 0.25) is 0 Å². The van der Waals surface area contributed by atoms with Gasteiger partial charge in [-0.05, 0) is 37.1 Å². The van der Waals surface area contributed by atoms with Gasteiger partial charge in [0.2, 0.25) is 0 Å². The lowest BCUT2D eigenvalue weighted by Gasteiger charge is -2.37. The van der Waals surface area contributed by atoms with Gasteiger partial charge in [-0.2, -0.15) is 13.2 Å². The Morgan fingerprint density at radius 1 is 1.19 bits per heavy atom. The van der Waals surface area contributed by atoms with Gasteiger partial charge in [-0.25, -0.2) is 0 Å². The molecule has 1 aromatic rings. The van der Waals surface area contributed by atoms with E-state index in [1.165, 1.54) is 12.8 Å². The van der Waals surface area contributed by atoms with Crippen molar-refractivity contribution in [3.63, 3.8) is 0 Å². The van der Waals surface area contributed by atoms with Crippen molar-refractivity contribution in [2.75, 3.05) is 31.2 Å². The van der Waals surface area contributed by atoms with E-state index < -0.39 is 11.7 Å². The highest BCUT2D eigenvalue weighted by Crippen LogP contribution is 2.31. The second kappa shape index (κ2) is 5.85. The topological polar surface area (TPSA) is 24.5 Å². The molecule has 1 N–H and O–H groups in total. The third-order valence-corrected chi connectivity index (χ3v) is 3.97. The van der Waals surface area contributed by atoms with Crippen LogP contribution in [0, 0.1) is 0 Å². The molecule has 1 aliphatic carbocycles. The number of ether oxygens (including phenoxy) is 1. The molecule has 0 radical (unpaired) electrons. The molecule has 1 aromatic carbocycles. The number of hydrogen-bond acceptors (Lipinski definition) is 3. The molecule has 2 aliphatic rings. The Kier molecular flexibility index (Phi) is 4.08. The molecule has 3 rings (SSSR count). The van der Waals surface area contributed by atoms with Gasteiger partial charge >= 0.3 is 6.18 Å². The van der Waals surface area contributed by atoms with Crippen LogP contribution >= 0.6 is 0 Å². The molecule has 1 saturated heterocycles. The third-order valence-electron chi connectivity index (χ3n) is 3.97. The van der Waals surface area contributed by atoms with Gasteiger partial charge in [-0.3, -0.25) is 0 Å². The number of rotatable bonds is 4. The summed E-state index contributed by atoms with van der Waals surface area (Å²) >= 11 is 0. The van der Waals surface area contributed by atoms with E-state index in [-0.39, 0.29) is 6.04 Å². The van der Waals surface area contributed by atoms with Crippen molar-refractivity contribution in [3.05, 3.63) is 29.8 Å². The summed E-state index contributed by atoms with van der Waals surface area (Å²) in [6.07, 6.45) is -1.85. The summed E-state index contributed by atoms with van der Waals surface area (Å²) in [6.45, 7) is 2.75. The van der Waals surface area contributed by atoms with Gasteiger partial charge in [0.1, 0.15) is 0 Å². The van der Waals surface area contributed by atoms with Gasteiger partial charge in [0.05, 0.1) is 24.8 Å². The highest BCUT2D eigenvalue weighted by atomic mass is 19.4. The second-order valence-electron chi connectivity index (χ2n) is 5.65. The maximum atomic E-state index is 12.6. The summed E-state index contributed by atoms with van der Waals surface area (Å²) in [7, 11) is 0. The molecule has 1 atom stereocenters.